The fourth-order valence-electron chi connectivity index (χ4n) is 23.2. The number of furan rings is 1. The Kier molecular flexibility index (Phi) is 19.2. The molecule has 0 aliphatic heterocycles. The van der Waals surface area contributed by atoms with Crippen LogP contribution in [0.3, 0.4) is 0 Å². The Morgan fingerprint density at radius 3 is 1.57 bits per heavy atom. The molecule has 644 valence electrons. The SMILES string of the molecule is CCCCCCC1(CCCCCC)c2ccccc2-c2c1c1cnccc1c1c3ccccc3n(-c3ccc(-c4cccnc4)c4ccccc34)c21.c1ccc2cc(-c3cncc(-n4c5ccccc5c5c6ccncc6c6sc7ccccc7c6c54)c3)ccc2c1.c1cncc(-n2c3ccccc3c3cc(-n4c5ccccc5c5c6cnccc6c6oc7ccccc7c6c54)ccc32)c1. The van der Waals surface area contributed by atoms with Crippen molar-refractivity contribution in [2.45, 2.75) is 83.5 Å². The van der Waals surface area contributed by atoms with E-state index in [4.69, 9.17) is 14.4 Å². The van der Waals surface area contributed by atoms with Crippen LogP contribution < -0.4 is 0 Å². The number of thiophene rings is 1. The Bertz CT molecular complexity index is 9450. The molecule has 0 radical (unpaired) electrons. The van der Waals surface area contributed by atoms with Crippen molar-refractivity contribution in [3.05, 3.63) is 401 Å². The standard InChI is InChI=1S/C49H47N3.C38H22N4O.C36H21N3S/c1-3-5-7-15-28-49(29-16-8-6-4-2)42-23-13-11-21-39(42)46-47(49)41-33-51-31-27-38(41)45-40-22-12-14-24-43(40)52(48(45)46)44-26-25-35(34-18-17-30-50-32-34)36-19-9-10-20-37(36)44;1-4-12-31-25(9-1)29-20-23(15-16-33(29)41(31)24-8-7-18-39-21-24)42-32-13-5-2-10-27(32)35-30-22-40-19-17-26(30)38-36(37(35)42)28-11-3-6-14-34(28)43-38;1-2-8-23-17-24(14-13-22(23)7-1)25-18-26(20-38-19-25)39-31-11-5-3-9-28(31)33-27-15-16-37-21-30(27)36-34(35(33)39)29-10-4-6-12-32(29)40-36/h9-14,17-27,30-33H,3-8,15-16,28-29H2,1-2H3;1-22H;1-21H. The molecule has 0 bridgehead atoms. The first-order valence-corrected chi connectivity index (χ1v) is 48.2. The second-order valence-corrected chi connectivity index (χ2v) is 37.3. The number of unbranched alkanes of at least 4 members (excludes halogenated alkanes) is 6. The van der Waals surface area contributed by atoms with Crippen LogP contribution in [0.2, 0.25) is 0 Å². The average molecular weight is 1760 g/mol. The lowest BCUT2D eigenvalue weighted by molar-refractivity contribution is 0.403. The van der Waals surface area contributed by atoms with E-state index < -0.39 is 0 Å². The summed E-state index contributed by atoms with van der Waals surface area (Å²) in [5.74, 6) is 0. The molecule has 1 aliphatic rings. The molecule has 0 atom stereocenters. The molecule has 0 spiro atoms. The van der Waals surface area contributed by atoms with Gasteiger partial charge in [0.2, 0.25) is 0 Å². The van der Waals surface area contributed by atoms with Gasteiger partial charge in [-0.3, -0.25) is 29.9 Å². The van der Waals surface area contributed by atoms with E-state index in [9.17, 15) is 0 Å². The van der Waals surface area contributed by atoms with Crippen molar-refractivity contribution in [2.24, 2.45) is 0 Å². The lowest BCUT2D eigenvalue weighted by atomic mass is 9.69. The highest BCUT2D eigenvalue weighted by atomic mass is 32.1. The highest BCUT2D eigenvalue weighted by Crippen LogP contribution is 2.61. The quantitative estimate of drug-likeness (QED) is 0.0886. The lowest BCUT2D eigenvalue weighted by Gasteiger charge is -2.34. The van der Waals surface area contributed by atoms with E-state index >= 15 is 0 Å². The third-order valence-corrected chi connectivity index (χ3v) is 30.1. The van der Waals surface area contributed by atoms with Gasteiger partial charge in [0.15, 0.2) is 0 Å². The zero-order chi connectivity index (χ0) is 89.4. The van der Waals surface area contributed by atoms with Gasteiger partial charge < -0.3 is 22.7 Å². The Morgan fingerprint density at radius 1 is 0.289 bits per heavy atom. The molecule has 135 heavy (non-hydrogen) atoms. The van der Waals surface area contributed by atoms with Crippen LogP contribution >= 0.6 is 11.3 Å². The van der Waals surface area contributed by atoms with Gasteiger partial charge in [-0.15, -0.1) is 11.3 Å². The summed E-state index contributed by atoms with van der Waals surface area (Å²) in [5.41, 5.74) is 26.1. The summed E-state index contributed by atoms with van der Waals surface area (Å²) in [4.78, 5) is 27.6. The smallest absolute Gasteiger partial charge is 0.145 e. The Labute approximate surface area is 782 Å². The zero-order valence-electron chi connectivity index (χ0n) is 74.8. The first-order chi connectivity index (χ1) is 67.0. The number of rotatable bonds is 16. The monoisotopic (exact) mass is 1750 g/mol. The van der Waals surface area contributed by atoms with Crippen molar-refractivity contribution in [1.29, 1.82) is 0 Å². The maximum absolute atomic E-state index is 6.59. The minimum absolute atomic E-state index is 0.0591. The first-order valence-electron chi connectivity index (χ1n) is 47.4. The summed E-state index contributed by atoms with van der Waals surface area (Å²) < 4.78 is 18.9. The van der Waals surface area contributed by atoms with Crippen LogP contribution in [-0.4, -0.2) is 48.2 Å². The molecular formula is C123H90N10OS. The third-order valence-electron chi connectivity index (χ3n) is 28.9. The number of aromatic nitrogens is 10. The molecule has 28 rings (SSSR count). The molecule has 12 aromatic heterocycles. The molecular weight excluding hydrogens is 1670 g/mol. The molecule has 12 heteroatoms. The first kappa shape index (κ1) is 79.7. The van der Waals surface area contributed by atoms with Crippen molar-refractivity contribution < 1.29 is 4.42 Å². The number of benzene rings is 15. The summed E-state index contributed by atoms with van der Waals surface area (Å²) >= 11 is 1.85. The van der Waals surface area contributed by atoms with E-state index in [1.807, 2.05) is 97.7 Å². The second-order valence-electron chi connectivity index (χ2n) is 36.3. The van der Waals surface area contributed by atoms with E-state index in [2.05, 4.69) is 356 Å². The van der Waals surface area contributed by atoms with Gasteiger partial charge >= 0.3 is 0 Å². The topological polar surface area (TPSA) is 110 Å². The van der Waals surface area contributed by atoms with Crippen LogP contribution in [0.25, 0.3) is 239 Å². The molecule has 12 heterocycles. The molecule has 1 aliphatic carbocycles. The highest BCUT2D eigenvalue weighted by molar-refractivity contribution is 7.27. The third kappa shape index (κ3) is 12.5. The van der Waals surface area contributed by atoms with Gasteiger partial charge in [0.05, 0.1) is 79.0 Å². The predicted molar refractivity (Wildman–Crippen MR) is 566 cm³/mol. The van der Waals surface area contributed by atoms with Crippen LogP contribution in [0.1, 0.15) is 89.2 Å². The molecule has 15 aromatic carbocycles. The summed E-state index contributed by atoms with van der Waals surface area (Å²) in [6, 6.07) is 114. The van der Waals surface area contributed by atoms with Gasteiger partial charge in [-0.05, 0) is 177 Å². The average Bonchev–Trinajstić information content (AvgIpc) is 1.51. The van der Waals surface area contributed by atoms with Crippen LogP contribution in [0.15, 0.2) is 394 Å². The number of para-hydroxylation sites is 5. The van der Waals surface area contributed by atoms with Gasteiger partial charge in [0.25, 0.3) is 0 Å². The Balaban J connectivity index is 0.000000106. The predicted octanol–water partition coefficient (Wildman–Crippen LogP) is 33.4. The van der Waals surface area contributed by atoms with E-state index in [0.29, 0.717) is 0 Å². The zero-order valence-corrected chi connectivity index (χ0v) is 75.6. The number of hydrogen-bond acceptors (Lipinski definition) is 8. The van der Waals surface area contributed by atoms with E-state index in [1.165, 1.54) is 226 Å². The molecule has 0 N–H and O–H groups in total. The highest BCUT2D eigenvalue weighted by Gasteiger charge is 2.46. The van der Waals surface area contributed by atoms with Gasteiger partial charge in [0.1, 0.15) is 11.2 Å². The summed E-state index contributed by atoms with van der Waals surface area (Å²) in [6.07, 6.45) is 35.9. The number of pyridine rings is 6. The normalized spacial score (nSPS) is 12.6. The summed E-state index contributed by atoms with van der Waals surface area (Å²) in [6.45, 7) is 4.64. The van der Waals surface area contributed by atoms with Gasteiger partial charge in [-0.25, -0.2) is 0 Å². The fraction of sp³-hybridized carbons (Fsp3) is 0.106. The minimum Gasteiger partial charge on any atom is -0.455 e. The fourth-order valence-corrected chi connectivity index (χ4v) is 24.4. The van der Waals surface area contributed by atoms with E-state index in [0.717, 1.165) is 88.5 Å². The lowest BCUT2D eigenvalue weighted by Crippen LogP contribution is -2.26. The van der Waals surface area contributed by atoms with Crippen LogP contribution in [0.5, 0.6) is 0 Å². The Hall–Kier alpha value is -16.3. The molecule has 0 saturated carbocycles. The van der Waals surface area contributed by atoms with Crippen LogP contribution in [0.4, 0.5) is 0 Å². The molecule has 11 nitrogen and oxygen atoms in total. The van der Waals surface area contributed by atoms with Crippen LogP contribution in [-0.2, 0) is 5.41 Å². The maximum atomic E-state index is 6.59. The largest absolute Gasteiger partial charge is 0.455 e. The molecule has 0 saturated heterocycles. The van der Waals surface area contributed by atoms with Crippen molar-refractivity contribution in [3.8, 4) is 56.1 Å². The van der Waals surface area contributed by atoms with Gasteiger partial charge in [-0.2, -0.15) is 0 Å². The summed E-state index contributed by atoms with van der Waals surface area (Å²) in [7, 11) is 0. The number of nitrogens with zero attached hydrogens (tertiary/aromatic N) is 10. The number of hydrogen-bond donors (Lipinski definition) is 0. The van der Waals surface area contributed by atoms with Gasteiger partial charge in [-0.1, -0.05) is 271 Å². The minimum atomic E-state index is -0.0591. The molecule has 27 aromatic rings. The Morgan fingerprint density at radius 2 is 0.844 bits per heavy atom. The second kappa shape index (κ2) is 32.6. The van der Waals surface area contributed by atoms with E-state index in [-0.39, 0.29) is 5.41 Å². The summed E-state index contributed by atoms with van der Waals surface area (Å²) in [5, 5.41) is 26.9. The van der Waals surface area contributed by atoms with Crippen molar-refractivity contribution in [3.63, 3.8) is 0 Å². The maximum Gasteiger partial charge on any atom is 0.145 e. The van der Waals surface area contributed by atoms with Crippen molar-refractivity contribution in [1.82, 2.24) is 48.2 Å². The number of fused-ring (bicyclic) bond motifs is 35. The molecule has 0 fully saturated rings. The van der Waals surface area contributed by atoms with Gasteiger partial charge in [0, 0.05) is 185 Å². The molecule has 0 unspecified atom stereocenters. The van der Waals surface area contributed by atoms with Crippen molar-refractivity contribution in [2.75, 3.05) is 0 Å². The van der Waals surface area contributed by atoms with Crippen LogP contribution in [0, 0.1) is 0 Å². The van der Waals surface area contributed by atoms with E-state index in [1.54, 1.807) is 0 Å². The van der Waals surface area contributed by atoms with Crippen molar-refractivity contribution >= 4 is 195 Å². The molecule has 0 amide bonds.